The van der Waals surface area contributed by atoms with E-state index in [9.17, 15) is 0 Å². The van der Waals surface area contributed by atoms with E-state index in [0.29, 0.717) is 0 Å². The van der Waals surface area contributed by atoms with Crippen molar-refractivity contribution in [2.24, 2.45) is 0 Å². The molecular formula is C39H24N4. The van der Waals surface area contributed by atoms with E-state index in [1.807, 2.05) is 6.20 Å². The van der Waals surface area contributed by atoms with Gasteiger partial charge in [0.15, 0.2) is 0 Å². The van der Waals surface area contributed by atoms with Gasteiger partial charge in [0.1, 0.15) is 5.65 Å². The summed E-state index contributed by atoms with van der Waals surface area (Å²) in [5.41, 5.74) is 9.23. The minimum atomic E-state index is 0.976. The van der Waals surface area contributed by atoms with Gasteiger partial charge in [-0.3, -0.25) is 4.40 Å². The third-order valence-corrected chi connectivity index (χ3v) is 9.07. The number of benzene rings is 6. The van der Waals surface area contributed by atoms with Crippen LogP contribution in [0.4, 0.5) is 0 Å². The van der Waals surface area contributed by atoms with Crippen LogP contribution >= 0.6 is 0 Å². The molecule has 4 aromatic heterocycles. The minimum Gasteiger partial charge on any atom is -0.307 e. The third kappa shape index (κ3) is 2.92. The smallest absolute Gasteiger partial charge is 0.145 e. The number of nitrogens with zero attached hydrogens (tertiary/aromatic N) is 4. The number of hydrogen-bond acceptors (Lipinski definition) is 1. The van der Waals surface area contributed by atoms with Crippen LogP contribution in [-0.2, 0) is 0 Å². The Labute approximate surface area is 246 Å². The molecule has 200 valence electrons. The van der Waals surface area contributed by atoms with Gasteiger partial charge in [-0.15, -0.1) is 0 Å². The number of rotatable bonds is 2. The van der Waals surface area contributed by atoms with Gasteiger partial charge < -0.3 is 9.13 Å². The van der Waals surface area contributed by atoms with Crippen molar-refractivity contribution in [2.75, 3.05) is 0 Å². The summed E-state index contributed by atoms with van der Waals surface area (Å²) in [6.45, 7) is 0. The van der Waals surface area contributed by atoms with E-state index in [1.165, 1.54) is 59.9 Å². The Bertz CT molecular complexity index is 2710. The predicted octanol–water partition coefficient (Wildman–Crippen LogP) is 9.83. The summed E-state index contributed by atoms with van der Waals surface area (Å²) >= 11 is 0. The molecule has 0 aliphatic heterocycles. The van der Waals surface area contributed by atoms with Crippen LogP contribution < -0.4 is 0 Å². The standard InChI is InChI=1S/C39H24N4/c1-3-11-25(12-4-1)42-34-18-10-9-16-28(34)30-20-22-32-31-21-19-29-27-15-7-8-17-33(27)39-40-23-24-41(39)35(29)36(31)43(38(32)37(30)42)26-13-5-2-6-14-26/h1-24H. The fourth-order valence-electron chi connectivity index (χ4n) is 7.36. The molecule has 0 amide bonds. The highest BCUT2D eigenvalue weighted by Gasteiger charge is 2.23. The van der Waals surface area contributed by atoms with Gasteiger partial charge in [0.2, 0.25) is 0 Å². The van der Waals surface area contributed by atoms with Gasteiger partial charge >= 0.3 is 0 Å². The van der Waals surface area contributed by atoms with Gasteiger partial charge in [-0.05, 0) is 35.7 Å². The summed E-state index contributed by atoms with van der Waals surface area (Å²) < 4.78 is 7.21. The largest absolute Gasteiger partial charge is 0.307 e. The molecule has 0 N–H and O–H groups in total. The van der Waals surface area contributed by atoms with Crippen molar-refractivity contribution in [3.63, 3.8) is 0 Å². The summed E-state index contributed by atoms with van der Waals surface area (Å²) in [7, 11) is 0. The van der Waals surface area contributed by atoms with Gasteiger partial charge in [0, 0.05) is 56.1 Å². The zero-order chi connectivity index (χ0) is 28.1. The van der Waals surface area contributed by atoms with Gasteiger partial charge in [-0.25, -0.2) is 4.98 Å². The Balaban J connectivity index is 1.55. The number of aromatic nitrogens is 4. The lowest BCUT2D eigenvalue weighted by atomic mass is 10.0. The molecule has 10 aromatic rings. The molecule has 0 unspecified atom stereocenters. The van der Waals surface area contributed by atoms with Crippen molar-refractivity contribution in [3.05, 3.63) is 146 Å². The Morgan fingerprint density at radius 2 is 0.860 bits per heavy atom. The van der Waals surface area contributed by atoms with Crippen molar-refractivity contribution >= 4 is 70.9 Å². The lowest BCUT2D eigenvalue weighted by molar-refractivity contribution is 1.15. The quantitative estimate of drug-likeness (QED) is 0.198. The molecular weight excluding hydrogens is 524 g/mol. The Morgan fingerprint density at radius 1 is 0.372 bits per heavy atom. The molecule has 10 rings (SSSR count). The van der Waals surface area contributed by atoms with E-state index in [0.717, 1.165) is 22.4 Å². The maximum atomic E-state index is 4.84. The van der Waals surface area contributed by atoms with Crippen molar-refractivity contribution in [2.45, 2.75) is 0 Å². The van der Waals surface area contributed by atoms with Crippen LogP contribution in [0, 0.1) is 0 Å². The molecule has 0 saturated carbocycles. The summed E-state index contributed by atoms with van der Waals surface area (Å²) in [4.78, 5) is 4.84. The maximum Gasteiger partial charge on any atom is 0.145 e. The van der Waals surface area contributed by atoms with Crippen LogP contribution in [0.5, 0.6) is 0 Å². The van der Waals surface area contributed by atoms with Crippen LogP contribution in [0.1, 0.15) is 0 Å². The molecule has 43 heavy (non-hydrogen) atoms. The Morgan fingerprint density at radius 3 is 1.56 bits per heavy atom. The SMILES string of the molecule is c1ccc(-n2c3ccccc3c3ccc4c5ccc6c7ccccc7c7nccn7c6c5n(-c5ccccc5)c4c32)cc1. The van der Waals surface area contributed by atoms with Gasteiger partial charge in [-0.2, -0.15) is 0 Å². The molecule has 0 fully saturated rings. The lowest BCUT2D eigenvalue weighted by Gasteiger charge is -2.14. The number of imidazole rings is 1. The zero-order valence-electron chi connectivity index (χ0n) is 23.1. The van der Waals surface area contributed by atoms with E-state index in [2.05, 4.69) is 153 Å². The Kier molecular flexibility index (Phi) is 4.42. The third-order valence-electron chi connectivity index (χ3n) is 9.07. The molecule has 0 saturated heterocycles. The second-order valence-electron chi connectivity index (χ2n) is 11.2. The highest BCUT2D eigenvalue weighted by molar-refractivity contribution is 6.28. The molecule has 0 spiro atoms. The molecule has 0 radical (unpaired) electrons. The van der Waals surface area contributed by atoms with E-state index in [-0.39, 0.29) is 0 Å². The Hall–Kier alpha value is -5.87. The minimum absolute atomic E-state index is 0.976. The fourth-order valence-corrected chi connectivity index (χ4v) is 7.36. The van der Waals surface area contributed by atoms with Gasteiger partial charge in [0.25, 0.3) is 0 Å². The molecule has 0 atom stereocenters. The van der Waals surface area contributed by atoms with E-state index in [1.54, 1.807) is 0 Å². The van der Waals surface area contributed by atoms with Crippen molar-refractivity contribution < 1.29 is 0 Å². The van der Waals surface area contributed by atoms with Crippen LogP contribution in [0.3, 0.4) is 0 Å². The van der Waals surface area contributed by atoms with Crippen LogP contribution in [0.2, 0.25) is 0 Å². The number of hydrogen-bond donors (Lipinski definition) is 0. The molecule has 0 bridgehead atoms. The summed E-state index contributed by atoms with van der Waals surface area (Å²) in [6, 6.07) is 48.2. The van der Waals surface area contributed by atoms with E-state index in [4.69, 9.17) is 4.98 Å². The first-order chi connectivity index (χ1) is 21.4. The highest BCUT2D eigenvalue weighted by Crippen LogP contribution is 2.44. The van der Waals surface area contributed by atoms with Crippen molar-refractivity contribution in [1.82, 2.24) is 18.5 Å². The maximum absolute atomic E-state index is 4.84. The first-order valence-corrected chi connectivity index (χ1v) is 14.7. The van der Waals surface area contributed by atoms with E-state index < -0.39 is 0 Å². The van der Waals surface area contributed by atoms with Crippen LogP contribution in [0.15, 0.2) is 146 Å². The zero-order valence-corrected chi connectivity index (χ0v) is 23.1. The number of para-hydroxylation sites is 3. The second-order valence-corrected chi connectivity index (χ2v) is 11.2. The molecule has 6 aromatic carbocycles. The molecule has 0 aliphatic carbocycles. The van der Waals surface area contributed by atoms with Crippen molar-refractivity contribution in [3.8, 4) is 11.4 Å². The normalized spacial score (nSPS) is 12.2. The summed E-state index contributed by atoms with van der Waals surface area (Å²) in [6.07, 6.45) is 4.02. The van der Waals surface area contributed by atoms with Gasteiger partial charge in [-0.1, -0.05) is 103 Å². The lowest BCUT2D eigenvalue weighted by Crippen LogP contribution is -2.00. The average Bonchev–Trinajstić information content (AvgIpc) is 3.78. The first kappa shape index (κ1) is 22.8. The topological polar surface area (TPSA) is 27.2 Å². The average molecular weight is 549 g/mol. The monoisotopic (exact) mass is 548 g/mol. The number of fused-ring (bicyclic) bond motifs is 14. The first-order valence-electron chi connectivity index (χ1n) is 14.7. The van der Waals surface area contributed by atoms with Gasteiger partial charge in [0.05, 0.1) is 27.6 Å². The molecule has 4 heteroatoms. The van der Waals surface area contributed by atoms with Crippen LogP contribution in [-0.4, -0.2) is 18.5 Å². The van der Waals surface area contributed by atoms with Crippen molar-refractivity contribution in [1.29, 1.82) is 0 Å². The predicted molar refractivity (Wildman–Crippen MR) is 179 cm³/mol. The molecule has 4 nitrogen and oxygen atoms in total. The second kappa shape index (κ2) is 8.34. The highest BCUT2D eigenvalue weighted by atomic mass is 15.1. The fraction of sp³-hybridized carbons (Fsp3) is 0. The van der Waals surface area contributed by atoms with Crippen LogP contribution in [0.25, 0.3) is 82.3 Å². The van der Waals surface area contributed by atoms with E-state index >= 15 is 0 Å². The summed E-state index contributed by atoms with van der Waals surface area (Å²) in [5.74, 6) is 0. The molecule has 4 heterocycles. The molecule has 0 aliphatic rings. The summed E-state index contributed by atoms with van der Waals surface area (Å²) in [5, 5.41) is 8.54. The number of pyridine rings is 1.